The van der Waals surface area contributed by atoms with Crippen LogP contribution < -0.4 is 5.32 Å². The molecule has 1 N–H and O–H groups in total. The van der Waals surface area contributed by atoms with Crippen LogP contribution in [0.4, 0.5) is 5.69 Å². The summed E-state index contributed by atoms with van der Waals surface area (Å²) >= 11 is 0. The fourth-order valence-corrected chi connectivity index (χ4v) is 3.50. The predicted molar refractivity (Wildman–Crippen MR) is 79.2 cm³/mol. The molecule has 1 fully saturated rings. The molecule has 0 aliphatic heterocycles. The molecule has 0 radical (unpaired) electrons. The average Bonchev–Trinajstić information content (AvgIpc) is 3.18. The number of hydrogen-bond acceptors (Lipinski definition) is 3. The van der Waals surface area contributed by atoms with Gasteiger partial charge >= 0.3 is 0 Å². The second kappa shape index (κ2) is 5.16. The summed E-state index contributed by atoms with van der Waals surface area (Å²) in [6.07, 6.45) is 2.47. The molecule has 0 heterocycles. The van der Waals surface area contributed by atoms with E-state index >= 15 is 0 Å². The van der Waals surface area contributed by atoms with E-state index in [9.17, 15) is 8.42 Å². The van der Waals surface area contributed by atoms with Crippen LogP contribution in [0.25, 0.3) is 0 Å². The van der Waals surface area contributed by atoms with Gasteiger partial charge in [-0.25, -0.2) is 8.42 Å². The van der Waals surface area contributed by atoms with Gasteiger partial charge in [-0.15, -0.1) is 0 Å². The van der Waals surface area contributed by atoms with Crippen molar-refractivity contribution in [3.05, 3.63) is 24.3 Å². The van der Waals surface area contributed by atoms with Crippen molar-refractivity contribution in [1.82, 2.24) is 0 Å². The molecule has 0 amide bonds. The molecule has 0 spiro atoms. The summed E-state index contributed by atoms with van der Waals surface area (Å²) < 4.78 is 24.1. The van der Waals surface area contributed by atoms with Crippen molar-refractivity contribution in [3.63, 3.8) is 0 Å². The van der Waals surface area contributed by atoms with Crippen LogP contribution in [0, 0.1) is 11.3 Å². The van der Waals surface area contributed by atoms with E-state index in [0.29, 0.717) is 16.2 Å². The maximum atomic E-state index is 12.1. The number of anilines is 1. The molecule has 1 aliphatic rings. The Hall–Kier alpha value is -1.03. The third kappa shape index (κ3) is 2.94. The van der Waals surface area contributed by atoms with Crippen LogP contribution in [0.1, 0.15) is 33.6 Å². The highest BCUT2D eigenvalue weighted by molar-refractivity contribution is 7.91. The maximum absolute atomic E-state index is 12.1. The minimum atomic E-state index is -3.16. The zero-order chi connectivity index (χ0) is 14.1. The van der Waals surface area contributed by atoms with Gasteiger partial charge in [-0.2, -0.15) is 0 Å². The predicted octanol–water partition coefficient (Wildman–Crippen LogP) is 3.33. The summed E-state index contributed by atoms with van der Waals surface area (Å²) in [5, 5.41) is 3.36. The lowest BCUT2D eigenvalue weighted by Gasteiger charge is -2.21. The van der Waals surface area contributed by atoms with Gasteiger partial charge in [0.1, 0.15) is 0 Å². The molecule has 1 saturated carbocycles. The van der Waals surface area contributed by atoms with Gasteiger partial charge in [0.05, 0.1) is 16.3 Å². The Kier molecular flexibility index (Phi) is 3.90. The van der Waals surface area contributed by atoms with Crippen molar-refractivity contribution in [2.24, 2.45) is 11.3 Å². The molecular formula is C15H23NO2S. The molecular weight excluding hydrogens is 258 g/mol. The van der Waals surface area contributed by atoms with Gasteiger partial charge < -0.3 is 5.32 Å². The molecule has 1 aromatic rings. The van der Waals surface area contributed by atoms with Gasteiger partial charge in [0.2, 0.25) is 0 Å². The van der Waals surface area contributed by atoms with Gasteiger partial charge in [-0.1, -0.05) is 32.9 Å². The topological polar surface area (TPSA) is 46.2 Å². The van der Waals surface area contributed by atoms with Crippen LogP contribution >= 0.6 is 0 Å². The van der Waals surface area contributed by atoms with Crippen LogP contribution in [0.15, 0.2) is 29.2 Å². The molecule has 3 nitrogen and oxygen atoms in total. The highest BCUT2D eigenvalue weighted by Crippen LogP contribution is 2.51. The van der Waals surface area contributed by atoms with E-state index in [1.54, 1.807) is 19.1 Å². The summed E-state index contributed by atoms with van der Waals surface area (Å²) in [5.41, 5.74) is 1.11. The average molecular weight is 281 g/mol. The Morgan fingerprint density at radius 1 is 1.26 bits per heavy atom. The van der Waals surface area contributed by atoms with Crippen molar-refractivity contribution in [2.75, 3.05) is 17.6 Å². The number of nitrogens with one attached hydrogen (secondary N) is 1. The lowest BCUT2D eigenvalue weighted by atomic mass is 9.92. The van der Waals surface area contributed by atoms with Gasteiger partial charge in [0, 0.05) is 6.54 Å². The molecule has 0 bridgehead atoms. The Morgan fingerprint density at radius 2 is 1.89 bits per heavy atom. The highest BCUT2D eigenvalue weighted by Gasteiger charge is 2.45. The summed E-state index contributed by atoms with van der Waals surface area (Å²) in [6.45, 7) is 7.02. The first kappa shape index (κ1) is 14.4. The van der Waals surface area contributed by atoms with E-state index in [4.69, 9.17) is 0 Å². The quantitative estimate of drug-likeness (QED) is 0.870. The normalized spacial score (nSPS) is 17.5. The first-order valence-corrected chi connectivity index (χ1v) is 8.62. The number of hydrogen-bond donors (Lipinski definition) is 1. The number of sulfone groups is 1. The van der Waals surface area contributed by atoms with Gasteiger partial charge in [0.15, 0.2) is 9.84 Å². The van der Waals surface area contributed by atoms with Crippen LogP contribution in [-0.2, 0) is 9.84 Å². The summed E-state index contributed by atoms with van der Waals surface area (Å²) in [6, 6.07) is 7.21. The number of benzene rings is 1. The van der Waals surface area contributed by atoms with E-state index in [1.807, 2.05) is 12.1 Å². The largest absolute Gasteiger partial charge is 0.383 e. The van der Waals surface area contributed by atoms with Crippen molar-refractivity contribution < 1.29 is 8.42 Å². The molecule has 1 aliphatic carbocycles. The third-order valence-electron chi connectivity index (χ3n) is 4.35. The molecule has 2 rings (SSSR count). The number of rotatable bonds is 6. The first-order valence-electron chi connectivity index (χ1n) is 6.97. The molecule has 4 heteroatoms. The van der Waals surface area contributed by atoms with E-state index in [-0.39, 0.29) is 5.75 Å². The standard InChI is InChI=1S/C15H23NO2S/c1-4-19(17,18)14-8-6-5-7-13(14)16-11-15(9-10-15)12(2)3/h5-8,12,16H,4,9-11H2,1-3H3. The minimum absolute atomic E-state index is 0.140. The zero-order valence-corrected chi connectivity index (χ0v) is 12.8. The van der Waals surface area contributed by atoms with Gasteiger partial charge in [-0.05, 0) is 36.3 Å². The fraction of sp³-hybridized carbons (Fsp3) is 0.600. The maximum Gasteiger partial charge on any atom is 0.180 e. The summed E-state index contributed by atoms with van der Waals surface area (Å²) in [7, 11) is -3.16. The van der Waals surface area contributed by atoms with E-state index in [2.05, 4.69) is 19.2 Å². The van der Waals surface area contributed by atoms with Crippen molar-refractivity contribution in [3.8, 4) is 0 Å². The first-order chi connectivity index (χ1) is 8.91. The monoisotopic (exact) mass is 281 g/mol. The number of para-hydroxylation sites is 1. The van der Waals surface area contributed by atoms with Crippen LogP contribution in [0.3, 0.4) is 0 Å². The molecule has 106 valence electrons. The van der Waals surface area contributed by atoms with Crippen LogP contribution in [-0.4, -0.2) is 20.7 Å². The zero-order valence-electron chi connectivity index (χ0n) is 11.9. The van der Waals surface area contributed by atoms with E-state index < -0.39 is 9.84 Å². The Labute approximate surface area is 116 Å². The molecule has 0 atom stereocenters. The molecule has 0 saturated heterocycles. The minimum Gasteiger partial charge on any atom is -0.383 e. The SMILES string of the molecule is CCS(=O)(=O)c1ccccc1NCC1(C(C)C)CC1. The lowest BCUT2D eigenvalue weighted by Crippen LogP contribution is -2.22. The van der Waals surface area contributed by atoms with Crippen molar-refractivity contribution >= 4 is 15.5 Å². The van der Waals surface area contributed by atoms with Crippen molar-refractivity contribution in [1.29, 1.82) is 0 Å². The smallest absolute Gasteiger partial charge is 0.180 e. The van der Waals surface area contributed by atoms with Crippen LogP contribution in [0.2, 0.25) is 0 Å². The summed E-state index contributed by atoms with van der Waals surface area (Å²) in [5.74, 6) is 0.774. The summed E-state index contributed by atoms with van der Waals surface area (Å²) in [4.78, 5) is 0.428. The molecule has 0 aromatic heterocycles. The molecule has 0 unspecified atom stereocenters. The van der Waals surface area contributed by atoms with Gasteiger partial charge in [-0.3, -0.25) is 0 Å². The van der Waals surface area contributed by atoms with Crippen LogP contribution in [0.5, 0.6) is 0 Å². The molecule has 19 heavy (non-hydrogen) atoms. The highest BCUT2D eigenvalue weighted by atomic mass is 32.2. The Balaban J connectivity index is 2.18. The third-order valence-corrected chi connectivity index (χ3v) is 6.14. The van der Waals surface area contributed by atoms with E-state index in [0.717, 1.165) is 12.2 Å². The van der Waals surface area contributed by atoms with Gasteiger partial charge in [0.25, 0.3) is 0 Å². The van der Waals surface area contributed by atoms with Crippen molar-refractivity contribution in [2.45, 2.75) is 38.5 Å². The Morgan fingerprint density at radius 3 is 2.42 bits per heavy atom. The second-order valence-corrected chi connectivity index (χ2v) is 8.02. The van der Waals surface area contributed by atoms with E-state index in [1.165, 1.54) is 12.8 Å². The molecule has 1 aromatic carbocycles. The second-order valence-electron chi connectivity index (χ2n) is 5.77. The fourth-order valence-electron chi connectivity index (χ4n) is 2.43. The lowest BCUT2D eigenvalue weighted by molar-refractivity contribution is 0.380. The Bertz CT molecular complexity index is 545.